The molecular weight excluding hydrogens is 370 g/mol. The fourth-order valence-electron chi connectivity index (χ4n) is 2.91. The summed E-state index contributed by atoms with van der Waals surface area (Å²) in [6, 6.07) is 3.34. The monoisotopic (exact) mass is 391 g/mol. The molecule has 0 radical (unpaired) electrons. The van der Waals surface area contributed by atoms with Crippen LogP contribution in [-0.4, -0.2) is 24.8 Å². The summed E-state index contributed by atoms with van der Waals surface area (Å²) in [6.07, 6.45) is 4.37. The molecule has 1 aliphatic carbocycles. The number of urea groups is 1. The van der Waals surface area contributed by atoms with Crippen LogP contribution in [0.5, 0.6) is 0 Å². The minimum Gasteiger partial charge on any atom is -0.462 e. The van der Waals surface area contributed by atoms with Gasteiger partial charge in [-0.25, -0.2) is 15.0 Å². The van der Waals surface area contributed by atoms with Gasteiger partial charge in [0.15, 0.2) is 0 Å². The summed E-state index contributed by atoms with van der Waals surface area (Å²) in [5.41, 5.74) is 3.95. The molecule has 0 unspecified atom stereocenters. The zero-order chi connectivity index (χ0) is 18.5. The van der Waals surface area contributed by atoms with Crippen molar-refractivity contribution in [3.8, 4) is 0 Å². The SMILES string of the molecule is CCOC(=O)c1c(NC(=O)N/N=C\c2cccs2)sc2c1CC[C@@H](C)C2. The molecule has 2 aromatic heterocycles. The first-order valence-corrected chi connectivity index (χ1v) is 10.2. The molecule has 2 N–H and O–H groups in total. The third-order valence-electron chi connectivity index (χ3n) is 4.12. The maximum absolute atomic E-state index is 12.4. The third-order valence-corrected chi connectivity index (χ3v) is 6.10. The Balaban J connectivity index is 1.75. The van der Waals surface area contributed by atoms with Crippen LogP contribution in [0, 0.1) is 5.92 Å². The van der Waals surface area contributed by atoms with Crippen molar-refractivity contribution in [3.05, 3.63) is 38.4 Å². The number of amides is 2. The standard InChI is InChI=1S/C18H21N3O3S2/c1-3-24-17(22)15-13-7-6-11(2)9-14(13)26-16(15)20-18(23)21-19-10-12-5-4-8-25-12/h4-5,8,10-11H,3,6-7,9H2,1-2H3,(H2,20,21,23)/b19-10-/t11-/m1/s1. The minimum absolute atomic E-state index is 0.302. The molecule has 1 aliphatic rings. The second-order valence-corrected chi connectivity index (χ2v) is 8.20. The van der Waals surface area contributed by atoms with Gasteiger partial charge in [0.1, 0.15) is 5.00 Å². The fourth-order valence-corrected chi connectivity index (χ4v) is 4.89. The molecule has 2 amide bonds. The van der Waals surface area contributed by atoms with E-state index in [0.717, 1.165) is 34.6 Å². The highest BCUT2D eigenvalue weighted by atomic mass is 32.1. The number of carbonyl (C=O) groups excluding carboxylic acids is 2. The lowest BCUT2D eigenvalue weighted by molar-refractivity contribution is 0.0526. The Bertz CT molecular complexity index is 812. The smallest absolute Gasteiger partial charge is 0.341 e. The molecule has 3 rings (SSSR count). The molecular formula is C18H21N3O3S2. The highest BCUT2D eigenvalue weighted by Gasteiger charge is 2.29. The number of rotatable bonds is 5. The highest BCUT2D eigenvalue weighted by Crippen LogP contribution is 2.40. The third kappa shape index (κ3) is 4.31. The van der Waals surface area contributed by atoms with E-state index in [2.05, 4.69) is 22.8 Å². The molecule has 0 spiro atoms. The van der Waals surface area contributed by atoms with E-state index in [0.29, 0.717) is 23.1 Å². The van der Waals surface area contributed by atoms with E-state index in [-0.39, 0.29) is 5.97 Å². The van der Waals surface area contributed by atoms with Crippen molar-refractivity contribution in [2.45, 2.75) is 33.1 Å². The van der Waals surface area contributed by atoms with E-state index in [1.54, 1.807) is 13.1 Å². The van der Waals surface area contributed by atoms with Crippen molar-refractivity contribution in [1.29, 1.82) is 0 Å². The Morgan fingerprint density at radius 1 is 1.46 bits per heavy atom. The Labute approximate surface area is 160 Å². The van der Waals surface area contributed by atoms with Crippen LogP contribution in [0.15, 0.2) is 22.6 Å². The van der Waals surface area contributed by atoms with Crippen molar-refractivity contribution >= 4 is 45.9 Å². The molecule has 1 atom stereocenters. The molecule has 0 saturated heterocycles. The number of anilines is 1. The molecule has 8 heteroatoms. The number of hydrogen-bond donors (Lipinski definition) is 2. The summed E-state index contributed by atoms with van der Waals surface area (Å²) >= 11 is 2.99. The predicted molar refractivity (Wildman–Crippen MR) is 106 cm³/mol. The number of hydrazone groups is 1. The Kier molecular flexibility index (Phi) is 6.05. The lowest BCUT2D eigenvalue weighted by Crippen LogP contribution is -2.25. The van der Waals surface area contributed by atoms with Gasteiger partial charge in [0.25, 0.3) is 0 Å². The highest BCUT2D eigenvalue weighted by molar-refractivity contribution is 7.17. The summed E-state index contributed by atoms with van der Waals surface area (Å²) < 4.78 is 5.20. The van der Waals surface area contributed by atoms with Crippen LogP contribution >= 0.6 is 22.7 Å². The molecule has 0 bridgehead atoms. The topological polar surface area (TPSA) is 79.8 Å². The molecule has 0 aliphatic heterocycles. The van der Waals surface area contributed by atoms with Crippen molar-refractivity contribution in [2.24, 2.45) is 11.0 Å². The van der Waals surface area contributed by atoms with Crippen LogP contribution in [0.4, 0.5) is 9.80 Å². The number of nitrogens with zero attached hydrogens (tertiary/aromatic N) is 1. The van der Waals surface area contributed by atoms with Gasteiger partial charge in [-0.3, -0.25) is 5.32 Å². The zero-order valence-electron chi connectivity index (χ0n) is 14.7. The van der Waals surface area contributed by atoms with Crippen LogP contribution in [0.2, 0.25) is 0 Å². The quantitative estimate of drug-likeness (QED) is 0.454. The summed E-state index contributed by atoms with van der Waals surface area (Å²) in [5, 5.41) is 9.15. The number of fused-ring (bicyclic) bond motifs is 1. The van der Waals surface area contributed by atoms with Crippen LogP contribution in [0.1, 0.15) is 45.9 Å². The molecule has 0 aromatic carbocycles. The lowest BCUT2D eigenvalue weighted by atomic mass is 9.88. The largest absolute Gasteiger partial charge is 0.462 e. The molecule has 2 heterocycles. The molecule has 26 heavy (non-hydrogen) atoms. The molecule has 138 valence electrons. The summed E-state index contributed by atoms with van der Waals surface area (Å²) in [5.74, 6) is 0.199. The summed E-state index contributed by atoms with van der Waals surface area (Å²) in [4.78, 5) is 26.7. The Hall–Kier alpha value is -2.19. The van der Waals surface area contributed by atoms with E-state index < -0.39 is 6.03 Å². The van der Waals surface area contributed by atoms with Gasteiger partial charge in [-0.05, 0) is 49.1 Å². The van der Waals surface area contributed by atoms with Gasteiger partial charge in [-0.15, -0.1) is 22.7 Å². The molecule has 0 saturated carbocycles. The van der Waals surface area contributed by atoms with E-state index in [1.165, 1.54) is 22.7 Å². The summed E-state index contributed by atoms with van der Waals surface area (Å²) in [6.45, 7) is 4.28. The minimum atomic E-state index is -0.477. The first-order chi connectivity index (χ1) is 12.6. The number of carbonyl (C=O) groups is 2. The molecule has 6 nitrogen and oxygen atoms in total. The van der Waals surface area contributed by atoms with E-state index in [1.807, 2.05) is 17.5 Å². The number of ether oxygens (including phenoxy) is 1. The fraction of sp³-hybridized carbons (Fsp3) is 0.389. The average molecular weight is 392 g/mol. The van der Waals surface area contributed by atoms with Gasteiger partial charge < -0.3 is 4.74 Å². The van der Waals surface area contributed by atoms with Gasteiger partial charge in [-0.2, -0.15) is 5.10 Å². The average Bonchev–Trinajstić information content (AvgIpc) is 3.22. The zero-order valence-corrected chi connectivity index (χ0v) is 16.3. The molecule has 0 fully saturated rings. The summed E-state index contributed by atoms with van der Waals surface area (Å²) in [7, 11) is 0. The number of nitrogens with one attached hydrogen (secondary N) is 2. The van der Waals surface area contributed by atoms with Crippen LogP contribution < -0.4 is 10.7 Å². The van der Waals surface area contributed by atoms with E-state index in [4.69, 9.17) is 4.74 Å². The van der Waals surface area contributed by atoms with Gasteiger partial charge in [0, 0.05) is 9.75 Å². The first kappa shape index (κ1) is 18.6. The van der Waals surface area contributed by atoms with E-state index >= 15 is 0 Å². The Morgan fingerprint density at radius 3 is 3.04 bits per heavy atom. The normalized spacial score (nSPS) is 16.3. The lowest BCUT2D eigenvalue weighted by Gasteiger charge is -2.18. The van der Waals surface area contributed by atoms with E-state index in [9.17, 15) is 9.59 Å². The van der Waals surface area contributed by atoms with Gasteiger partial charge in [-0.1, -0.05) is 13.0 Å². The van der Waals surface area contributed by atoms with Gasteiger partial charge in [0.05, 0.1) is 18.4 Å². The van der Waals surface area contributed by atoms with Gasteiger partial charge in [0.2, 0.25) is 0 Å². The van der Waals surface area contributed by atoms with Crippen LogP contribution in [0.3, 0.4) is 0 Å². The maximum atomic E-state index is 12.4. The van der Waals surface area contributed by atoms with Crippen molar-refractivity contribution in [2.75, 3.05) is 11.9 Å². The number of esters is 1. The molecule has 2 aromatic rings. The number of thiophene rings is 2. The maximum Gasteiger partial charge on any atom is 0.341 e. The first-order valence-electron chi connectivity index (χ1n) is 8.53. The Morgan fingerprint density at radius 2 is 2.31 bits per heavy atom. The second-order valence-electron chi connectivity index (χ2n) is 6.12. The van der Waals surface area contributed by atoms with Crippen molar-refractivity contribution in [1.82, 2.24) is 5.43 Å². The van der Waals surface area contributed by atoms with Crippen LogP contribution in [-0.2, 0) is 17.6 Å². The van der Waals surface area contributed by atoms with Crippen molar-refractivity contribution < 1.29 is 14.3 Å². The van der Waals surface area contributed by atoms with Crippen LogP contribution in [0.25, 0.3) is 0 Å². The number of hydrogen-bond acceptors (Lipinski definition) is 6. The van der Waals surface area contributed by atoms with Crippen molar-refractivity contribution in [3.63, 3.8) is 0 Å². The second kappa shape index (κ2) is 8.46. The van der Waals surface area contributed by atoms with Gasteiger partial charge >= 0.3 is 12.0 Å². The predicted octanol–water partition coefficient (Wildman–Crippen LogP) is 4.27.